The van der Waals surface area contributed by atoms with E-state index in [0.717, 1.165) is 19.3 Å². The van der Waals surface area contributed by atoms with Crippen molar-refractivity contribution in [3.05, 3.63) is 33.6 Å². The van der Waals surface area contributed by atoms with Gasteiger partial charge in [-0.15, -0.1) is 0 Å². The van der Waals surface area contributed by atoms with Gasteiger partial charge in [0.1, 0.15) is 11.3 Å². The molecule has 3 N–H and O–H groups in total. The number of benzene rings is 1. The van der Waals surface area contributed by atoms with Gasteiger partial charge in [-0.3, -0.25) is 4.79 Å². The van der Waals surface area contributed by atoms with Gasteiger partial charge in [-0.25, -0.2) is 13.6 Å². The molecular formula is C21H23F2N3O3. The molecule has 5 rings (SSSR count). The molecule has 0 bridgehead atoms. The maximum absolute atomic E-state index is 15.8. The van der Waals surface area contributed by atoms with Gasteiger partial charge in [0.2, 0.25) is 5.43 Å². The zero-order valence-electron chi connectivity index (χ0n) is 16.3. The Hall–Kier alpha value is -2.64. The van der Waals surface area contributed by atoms with Crippen LogP contribution in [0.5, 0.6) is 0 Å². The molecule has 29 heavy (non-hydrogen) atoms. The number of fused-ring (bicyclic) bond motifs is 1. The zero-order chi connectivity index (χ0) is 20.8. The van der Waals surface area contributed by atoms with Crippen molar-refractivity contribution in [3.63, 3.8) is 0 Å². The van der Waals surface area contributed by atoms with Crippen LogP contribution in [0.3, 0.4) is 0 Å². The number of hydrogen-bond acceptors (Lipinski definition) is 4. The summed E-state index contributed by atoms with van der Waals surface area (Å²) in [6.07, 6.45) is 3.82. The van der Waals surface area contributed by atoms with Gasteiger partial charge in [0.05, 0.1) is 16.6 Å². The van der Waals surface area contributed by atoms with Crippen LogP contribution in [0.4, 0.5) is 20.2 Å². The molecular weight excluding hydrogens is 380 g/mol. The molecule has 1 spiro atoms. The molecule has 0 radical (unpaired) electrons. The molecule has 4 atom stereocenters. The number of carboxylic acids is 1. The fourth-order valence-corrected chi connectivity index (χ4v) is 5.14. The first-order chi connectivity index (χ1) is 13.7. The summed E-state index contributed by atoms with van der Waals surface area (Å²) in [4.78, 5) is 26.0. The van der Waals surface area contributed by atoms with Gasteiger partial charge >= 0.3 is 5.97 Å². The monoisotopic (exact) mass is 403 g/mol. The first kappa shape index (κ1) is 18.4. The van der Waals surface area contributed by atoms with Crippen molar-refractivity contribution in [1.29, 1.82) is 0 Å². The highest BCUT2D eigenvalue weighted by Crippen LogP contribution is 2.59. The number of carbonyl (C=O) groups is 1. The third kappa shape index (κ3) is 2.44. The average molecular weight is 403 g/mol. The molecule has 154 valence electrons. The van der Waals surface area contributed by atoms with Crippen LogP contribution < -0.4 is 16.1 Å². The summed E-state index contributed by atoms with van der Waals surface area (Å²) in [7, 11) is 0. The second-order valence-electron chi connectivity index (χ2n) is 9.12. The van der Waals surface area contributed by atoms with E-state index in [1.165, 1.54) is 10.8 Å². The Bertz CT molecular complexity index is 1140. The predicted octanol–water partition coefficient (Wildman–Crippen LogP) is 3.38. The van der Waals surface area contributed by atoms with Crippen molar-refractivity contribution >= 4 is 28.2 Å². The Balaban J connectivity index is 1.78. The topological polar surface area (TPSA) is 88.6 Å². The van der Waals surface area contributed by atoms with Crippen molar-refractivity contribution in [2.24, 2.45) is 17.3 Å². The lowest BCUT2D eigenvalue weighted by atomic mass is 10.0. The minimum absolute atomic E-state index is 0.0898. The van der Waals surface area contributed by atoms with Crippen LogP contribution >= 0.6 is 0 Å². The Labute approximate surface area is 165 Å². The van der Waals surface area contributed by atoms with Crippen molar-refractivity contribution < 1.29 is 18.7 Å². The van der Waals surface area contributed by atoms with Gasteiger partial charge in [0.25, 0.3) is 0 Å². The van der Waals surface area contributed by atoms with E-state index < -0.39 is 34.3 Å². The van der Waals surface area contributed by atoms with E-state index in [9.17, 15) is 14.7 Å². The number of hydrogen-bond donors (Lipinski definition) is 2. The van der Waals surface area contributed by atoms with Gasteiger partial charge < -0.3 is 20.3 Å². The van der Waals surface area contributed by atoms with Crippen LogP contribution in [0, 0.1) is 28.9 Å². The molecule has 2 saturated carbocycles. The number of carboxylic acid groups (broad SMARTS) is 1. The van der Waals surface area contributed by atoms with Gasteiger partial charge in [0, 0.05) is 25.3 Å². The van der Waals surface area contributed by atoms with E-state index in [1.807, 2.05) is 6.92 Å². The smallest absolute Gasteiger partial charge is 0.341 e. The number of pyridine rings is 1. The maximum Gasteiger partial charge on any atom is 0.341 e. The molecule has 1 aliphatic heterocycles. The summed E-state index contributed by atoms with van der Waals surface area (Å²) >= 11 is 0. The van der Waals surface area contributed by atoms with E-state index in [-0.39, 0.29) is 34.0 Å². The predicted molar refractivity (Wildman–Crippen MR) is 105 cm³/mol. The van der Waals surface area contributed by atoms with Gasteiger partial charge in [-0.1, -0.05) is 13.8 Å². The Morgan fingerprint density at radius 3 is 2.48 bits per heavy atom. The van der Waals surface area contributed by atoms with Crippen molar-refractivity contribution in [3.8, 4) is 0 Å². The lowest BCUT2D eigenvalue weighted by Crippen LogP contribution is -2.26. The summed E-state index contributed by atoms with van der Waals surface area (Å²) in [6, 6.07) is -0.142. The molecule has 3 aliphatic rings. The number of rotatable bonds is 3. The Morgan fingerprint density at radius 1 is 1.31 bits per heavy atom. The Kier molecular flexibility index (Phi) is 3.62. The van der Waals surface area contributed by atoms with E-state index in [2.05, 4.69) is 6.92 Å². The quantitative estimate of drug-likeness (QED) is 0.767. The Morgan fingerprint density at radius 2 is 1.97 bits per heavy atom. The third-order valence-electron chi connectivity index (χ3n) is 7.32. The maximum atomic E-state index is 15.8. The summed E-state index contributed by atoms with van der Waals surface area (Å²) in [5, 5.41) is 9.04. The normalized spacial score (nSPS) is 30.3. The number of nitrogens with two attached hydrogens (primary N) is 1. The van der Waals surface area contributed by atoms with Gasteiger partial charge in [0.15, 0.2) is 11.6 Å². The second kappa shape index (κ2) is 5.70. The molecule has 1 saturated heterocycles. The SMILES string of the molecule is CC1CC12CCN(c1c(F)c(N)c3c(=O)c(C(=O)O)cn([C@@H]4C[C@@H]4C)c3c1F)C2. The standard InChI is InChI=1S/C21H23F2N3O3/c1-9-5-12(9)26-7-11(20(28)29)19(27)13-16(24)14(22)18(15(23)17(13)26)25-4-3-21(8-25)6-10(21)2/h7,9-10,12H,3-6,8,24H2,1-2H3,(H,28,29)/t9-,10?,12+,21?/m0/s1. The average Bonchev–Trinajstić information content (AvgIpc) is 3.47. The van der Waals surface area contributed by atoms with Crippen LogP contribution in [-0.2, 0) is 0 Å². The fraction of sp³-hybridized carbons (Fsp3) is 0.524. The molecule has 2 aliphatic carbocycles. The van der Waals surface area contributed by atoms with Crippen molar-refractivity contribution in [1.82, 2.24) is 4.57 Å². The van der Waals surface area contributed by atoms with Gasteiger partial charge in [-0.05, 0) is 36.5 Å². The number of aromatic carboxylic acids is 1. The summed E-state index contributed by atoms with van der Waals surface area (Å²) < 4.78 is 32.5. The lowest BCUT2D eigenvalue weighted by molar-refractivity contribution is 0.0694. The van der Waals surface area contributed by atoms with Crippen LogP contribution in [0.1, 0.15) is 49.5 Å². The molecule has 0 amide bonds. The minimum atomic E-state index is -1.44. The molecule has 1 aromatic carbocycles. The summed E-state index contributed by atoms with van der Waals surface area (Å²) in [6.45, 7) is 5.19. The number of aromatic nitrogens is 1. The third-order valence-corrected chi connectivity index (χ3v) is 7.32. The number of nitrogen functional groups attached to an aromatic ring is 1. The summed E-state index contributed by atoms with van der Waals surface area (Å²) in [5.74, 6) is -2.51. The fourth-order valence-electron chi connectivity index (χ4n) is 5.14. The highest BCUT2D eigenvalue weighted by molar-refractivity contribution is 5.99. The zero-order valence-corrected chi connectivity index (χ0v) is 16.3. The highest BCUT2D eigenvalue weighted by Gasteiger charge is 2.55. The first-order valence-corrected chi connectivity index (χ1v) is 10.00. The van der Waals surface area contributed by atoms with Crippen molar-refractivity contribution in [2.75, 3.05) is 23.7 Å². The van der Waals surface area contributed by atoms with Crippen LogP contribution in [0.25, 0.3) is 10.9 Å². The van der Waals surface area contributed by atoms with Gasteiger partial charge in [-0.2, -0.15) is 0 Å². The lowest BCUT2D eigenvalue weighted by Gasteiger charge is -2.24. The summed E-state index contributed by atoms with van der Waals surface area (Å²) in [5.41, 5.74) is 3.86. The number of anilines is 2. The molecule has 3 fully saturated rings. The van der Waals surface area contributed by atoms with E-state index in [0.29, 0.717) is 19.0 Å². The largest absolute Gasteiger partial charge is 0.477 e. The van der Waals surface area contributed by atoms with Crippen molar-refractivity contribution in [2.45, 2.75) is 39.2 Å². The molecule has 2 heterocycles. The van der Waals surface area contributed by atoms with E-state index in [1.54, 1.807) is 4.90 Å². The molecule has 1 aromatic heterocycles. The first-order valence-electron chi connectivity index (χ1n) is 10.00. The van der Waals surface area contributed by atoms with E-state index >= 15 is 8.78 Å². The van der Waals surface area contributed by atoms with Crippen LogP contribution in [0.15, 0.2) is 11.0 Å². The highest BCUT2D eigenvalue weighted by atomic mass is 19.1. The second-order valence-corrected chi connectivity index (χ2v) is 9.12. The number of halogens is 2. The van der Waals surface area contributed by atoms with Crippen LogP contribution in [0.2, 0.25) is 0 Å². The molecule has 2 aromatic rings. The number of nitrogens with zero attached hydrogens (tertiary/aromatic N) is 2. The van der Waals surface area contributed by atoms with E-state index in [4.69, 9.17) is 5.73 Å². The minimum Gasteiger partial charge on any atom is -0.477 e. The van der Waals surface area contributed by atoms with Crippen LogP contribution in [-0.4, -0.2) is 28.7 Å². The molecule has 2 unspecified atom stereocenters. The molecule has 6 nitrogen and oxygen atoms in total. The molecule has 8 heteroatoms.